The van der Waals surface area contributed by atoms with Gasteiger partial charge in [0, 0.05) is 22.3 Å². The molecule has 0 radical (unpaired) electrons. The molecule has 1 fully saturated rings. The first kappa shape index (κ1) is 14.7. The maximum absolute atomic E-state index is 11.9. The molecule has 2 heterocycles. The average Bonchev–Trinajstić information content (AvgIpc) is 3.10. The van der Waals surface area contributed by atoms with Crippen LogP contribution in [0.15, 0.2) is 0 Å². The van der Waals surface area contributed by atoms with Gasteiger partial charge in [0.25, 0.3) is 0 Å². The molecule has 1 aromatic heterocycles. The minimum atomic E-state index is 0.130. The molecule has 20 heavy (non-hydrogen) atoms. The van der Waals surface area contributed by atoms with Crippen molar-refractivity contribution in [2.75, 3.05) is 11.1 Å². The second-order valence-electron chi connectivity index (χ2n) is 5.37. The van der Waals surface area contributed by atoms with Gasteiger partial charge >= 0.3 is 0 Å². The molecule has 1 aliphatic carbocycles. The number of aromatic nitrogens is 1. The molecule has 0 unspecified atom stereocenters. The average molecular weight is 329 g/mol. The van der Waals surface area contributed by atoms with E-state index in [2.05, 4.69) is 10.3 Å². The van der Waals surface area contributed by atoms with E-state index in [1.807, 2.05) is 21.6 Å². The molecule has 0 spiro atoms. The number of hydrogen-bond acceptors (Lipinski definition) is 5. The van der Waals surface area contributed by atoms with E-state index in [4.69, 9.17) is 0 Å². The predicted octanol–water partition coefficient (Wildman–Crippen LogP) is 4.28. The SMILES string of the molecule is O=C(CCCC[C@H]1CCSS1)Nc1nc2c(s1)CCC2. The van der Waals surface area contributed by atoms with Gasteiger partial charge in [0.1, 0.15) is 0 Å². The van der Waals surface area contributed by atoms with Crippen molar-refractivity contribution in [1.29, 1.82) is 0 Å². The molecule has 1 saturated heterocycles. The molecule has 1 amide bonds. The lowest BCUT2D eigenvalue weighted by molar-refractivity contribution is -0.116. The number of thiazole rings is 1. The Morgan fingerprint density at radius 2 is 2.30 bits per heavy atom. The molecule has 1 atom stereocenters. The molecule has 1 N–H and O–H groups in total. The largest absolute Gasteiger partial charge is 0.302 e. The Morgan fingerprint density at radius 3 is 3.10 bits per heavy atom. The number of anilines is 1. The molecular formula is C14H20N2OS3. The molecule has 110 valence electrons. The van der Waals surface area contributed by atoms with E-state index in [1.165, 1.54) is 42.0 Å². The van der Waals surface area contributed by atoms with E-state index in [0.717, 1.165) is 29.6 Å². The highest BCUT2D eigenvalue weighted by Crippen LogP contribution is 2.39. The maximum Gasteiger partial charge on any atom is 0.226 e. The van der Waals surface area contributed by atoms with Gasteiger partial charge in [-0.05, 0) is 38.5 Å². The lowest BCUT2D eigenvalue weighted by Gasteiger charge is -2.06. The minimum absolute atomic E-state index is 0.130. The lowest BCUT2D eigenvalue weighted by Crippen LogP contribution is -2.11. The van der Waals surface area contributed by atoms with Crippen LogP contribution in [-0.2, 0) is 17.6 Å². The first-order chi connectivity index (χ1) is 9.81. The number of amides is 1. The van der Waals surface area contributed by atoms with Crippen LogP contribution in [0.1, 0.15) is 49.1 Å². The summed E-state index contributed by atoms with van der Waals surface area (Å²) in [7, 11) is 4.01. The summed E-state index contributed by atoms with van der Waals surface area (Å²) in [6.45, 7) is 0. The van der Waals surface area contributed by atoms with Crippen LogP contribution in [-0.4, -0.2) is 21.9 Å². The highest BCUT2D eigenvalue weighted by atomic mass is 33.1. The van der Waals surface area contributed by atoms with Crippen LogP contribution in [0.5, 0.6) is 0 Å². The Morgan fingerprint density at radius 1 is 1.35 bits per heavy atom. The monoisotopic (exact) mass is 328 g/mol. The van der Waals surface area contributed by atoms with Crippen LogP contribution in [0.3, 0.4) is 0 Å². The first-order valence-corrected chi connectivity index (χ1v) is 10.6. The molecule has 2 aliphatic rings. The van der Waals surface area contributed by atoms with Gasteiger partial charge in [-0.3, -0.25) is 4.79 Å². The quantitative estimate of drug-likeness (QED) is 0.625. The molecule has 6 heteroatoms. The van der Waals surface area contributed by atoms with E-state index < -0.39 is 0 Å². The van der Waals surface area contributed by atoms with Crippen LogP contribution in [0, 0.1) is 0 Å². The number of carbonyl (C=O) groups is 1. The van der Waals surface area contributed by atoms with E-state index in [9.17, 15) is 4.79 Å². The molecule has 0 bridgehead atoms. The fourth-order valence-corrected chi connectivity index (χ4v) is 6.74. The second-order valence-corrected chi connectivity index (χ2v) is 9.24. The zero-order valence-electron chi connectivity index (χ0n) is 11.5. The van der Waals surface area contributed by atoms with Gasteiger partial charge in [0.15, 0.2) is 5.13 Å². The van der Waals surface area contributed by atoms with Crippen LogP contribution in [0.4, 0.5) is 5.13 Å². The van der Waals surface area contributed by atoms with Gasteiger partial charge < -0.3 is 5.32 Å². The summed E-state index contributed by atoms with van der Waals surface area (Å²) in [5.74, 6) is 1.43. The van der Waals surface area contributed by atoms with E-state index in [-0.39, 0.29) is 5.91 Å². The Hall–Kier alpha value is -0.200. The second kappa shape index (κ2) is 7.18. The number of nitrogens with one attached hydrogen (secondary N) is 1. The van der Waals surface area contributed by atoms with Gasteiger partial charge in [0.05, 0.1) is 5.69 Å². The zero-order valence-corrected chi connectivity index (χ0v) is 14.0. The number of hydrogen-bond donors (Lipinski definition) is 1. The van der Waals surface area contributed by atoms with Crippen LogP contribution < -0.4 is 5.32 Å². The van der Waals surface area contributed by atoms with Gasteiger partial charge in [-0.1, -0.05) is 28.0 Å². The Balaban J connectivity index is 1.34. The number of carbonyl (C=O) groups excluding carboxylic acids is 1. The zero-order chi connectivity index (χ0) is 13.8. The Kier molecular flexibility index (Phi) is 5.29. The standard InChI is InChI=1S/C14H20N2OS3/c17-13(7-2-1-4-10-8-9-18-20-10)16-14-15-11-5-3-6-12(11)19-14/h10H,1-9H2,(H,15,16,17)/t10-/m0/s1. The highest BCUT2D eigenvalue weighted by Gasteiger charge is 2.18. The summed E-state index contributed by atoms with van der Waals surface area (Å²) < 4.78 is 0. The van der Waals surface area contributed by atoms with Crippen molar-refractivity contribution < 1.29 is 4.79 Å². The first-order valence-electron chi connectivity index (χ1n) is 7.38. The molecule has 0 saturated carbocycles. The third-order valence-corrected chi connectivity index (χ3v) is 7.83. The fourth-order valence-electron chi connectivity index (χ4n) is 2.65. The van der Waals surface area contributed by atoms with Gasteiger partial charge in [-0.15, -0.1) is 11.3 Å². The van der Waals surface area contributed by atoms with Crippen molar-refractivity contribution >= 4 is 44.0 Å². The number of unbranched alkanes of at least 4 members (excludes halogenated alkanes) is 1. The maximum atomic E-state index is 11.9. The molecule has 0 aromatic carbocycles. The van der Waals surface area contributed by atoms with Gasteiger partial charge in [-0.25, -0.2) is 4.98 Å². The molecule has 3 rings (SSSR count). The van der Waals surface area contributed by atoms with Crippen molar-refractivity contribution in [3.63, 3.8) is 0 Å². The predicted molar refractivity (Wildman–Crippen MR) is 89.7 cm³/mol. The lowest BCUT2D eigenvalue weighted by atomic mass is 10.1. The molecular weight excluding hydrogens is 308 g/mol. The molecule has 3 nitrogen and oxygen atoms in total. The normalized spacial score (nSPS) is 21.1. The number of nitrogens with zero attached hydrogens (tertiary/aromatic N) is 1. The van der Waals surface area contributed by atoms with E-state index in [0.29, 0.717) is 6.42 Å². The van der Waals surface area contributed by atoms with E-state index in [1.54, 1.807) is 11.3 Å². The summed E-state index contributed by atoms with van der Waals surface area (Å²) in [4.78, 5) is 17.8. The fraction of sp³-hybridized carbons (Fsp3) is 0.714. The van der Waals surface area contributed by atoms with Gasteiger partial charge in [0.2, 0.25) is 5.91 Å². The summed E-state index contributed by atoms with van der Waals surface area (Å²) in [6.07, 6.45) is 8.84. The van der Waals surface area contributed by atoms with E-state index >= 15 is 0 Å². The molecule has 1 aromatic rings. The summed E-state index contributed by atoms with van der Waals surface area (Å²) in [5.41, 5.74) is 1.21. The number of rotatable bonds is 6. The highest BCUT2D eigenvalue weighted by molar-refractivity contribution is 8.77. The topological polar surface area (TPSA) is 42.0 Å². The molecule has 1 aliphatic heterocycles. The number of aryl methyl sites for hydroxylation is 2. The van der Waals surface area contributed by atoms with Crippen molar-refractivity contribution in [1.82, 2.24) is 4.98 Å². The smallest absolute Gasteiger partial charge is 0.226 e. The third kappa shape index (κ3) is 3.92. The van der Waals surface area contributed by atoms with Crippen molar-refractivity contribution in [3.8, 4) is 0 Å². The van der Waals surface area contributed by atoms with Crippen LogP contribution >= 0.6 is 32.9 Å². The van der Waals surface area contributed by atoms with Crippen molar-refractivity contribution in [2.45, 2.75) is 56.6 Å². The third-order valence-electron chi connectivity index (χ3n) is 3.75. The van der Waals surface area contributed by atoms with Gasteiger partial charge in [-0.2, -0.15) is 0 Å². The van der Waals surface area contributed by atoms with Crippen molar-refractivity contribution in [2.24, 2.45) is 0 Å². The van der Waals surface area contributed by atoms with Crippen LogP contribution in [0.2, 0.25) is 0 Å². The minimum Gasteiger partial charge on any atom is -0.302 e. The Labute approximate surface area is 132 Å². The summed E-state index contributed by atoms with van der Waals surface area (Å²) in [6, 6.07) is 0. The van der Waals surface area contributed by atoms with Crippen LogP contribution in [0.25, 0.3) is 0 Å². The summed E-state index contributed by atoms with van der Waals surface area (Å²) >= 11 is 1.66. The van der Waals surface area contributed by atoms with Crippen molar-refractivity contribution in [3.05, 3.63) is 10.6 Å². The summed E-state index contributed by atoms with van der Waals surface area (Å²) in [5, 5.41) is 4.59. The Bertz CT molecular complexity index is 447. The number of fused-ring (bicyclic) bond motifs is 1.